The van der Waals surface area contributed by atoms with Crippen molar-refractivity contribution in [3.63, 3.8) is 0 Å². The predicted molar refractivity (Wildman–Crippen MR) is 151 cm³/mol. The number of aliphatic hydroxyl groups excluding tert-OH is 2. The molecule has 0 radical (unpaired) electrons. The van der Waals surface area contributed by atoms with Gasteiger partial charge in [-0.25, -0.2) is 4.79 Å². The largest absolute Gasteiger partial charge is 0.463 e. The number of nitrogens with one attached hydrogen (secondary N) is 1. The second-order valence-corrected chi connectivity index (χ2v) is 10.7. The molecule has 1 amide bonds. The van der Waals surface area contributed by atoms with Gasteiger partial charge in [-0.15, -0.1) is 0 Å². The molecule has 1 aliphatic heterocycles. The number of nitriles is 1. The monoisotopic (exact) mass is 628 g/mol. The summed E-state index contributed by atoms with van der Waals surface area (Å²) in [7, 11) is -1.86. The van der Waals surface area contributed by atoms with Gasteiger partial charge in [0, 0.05) is 20.0 Å². The van der Waals surface area contributed by atoms with E-state index in [1.807, 2.05) is 24.3 Å². The van der Waals surface area contributed by atoms with Crippen LogP contribution >= 0.6 is 8.53 Å². The first-order valence-electron chi connectivity index (χ1n) is 13.8. The van der Waals surface area contributed by atoms with Crippen molar-refractivity contribution >= 4 is 26.4 Å². The number of amides is 1. The maximum absolute atomic E-state index is 12.7. The number of carbonyl (C=O) groups excluding carboxylic acids is 3. The van der Waals surface area contributed by atoms with Gasteiger partial charge in [0.05, 0.1) is 31.7 Å². The number of nitrogens with zero attached hydrogens (tertiary/aromatic N) is 1. The number of benzene rings is 1. The molecule has 1 saturated heterocycles. The third kappa shape index (κ3) is 14.0. The van der Waals surface area contributed by atoms with E-state index in [1.165, 1.54) is 6.92 Å². The molecule has 15 nitrogen and oxygen atoms in total. The summed E-state index contributed by atoms with van der Waals surface area (Å²) < 4.78 is 32.0. The van der Waals surface area contributed by atoms with Gasteiger partial charge in [0.25, 0.3) is 8.53 Å². The maximum Gasteiger partial charge on any atom is 0.331 e. The fraction of sp³-hybridized carbons (Fsp3) is 0.630. The lowest BCUT2D eigenvalue weighted by Gasteiger charge is -2.40. The van der Waals surface area contributed by atoms with E-state index >= 15 is 0 Å². The summed E-state index contributed by atoms with van der Waals surface area (Å²) in [6.45, 7) is 0.955. The molecule has 0 aliphatic carbocycles. The molecule has 1 fully saturated rings. The normalized spacial score (nSPS) is 23.0. The van der Waals surface area contributed by atoms with Crippen LogP contribution in [0.25, 0.3) is 0 Å². The van der Waals surface area contributed by atoms with Gasteiger partial charge < -0.3 is 49.3 Å². The third-order valence-corrected chi connectivity index (χ3v) is 7.01. The first-order valence-corrected chi connectivity index (χ1v) is 15.1. The Morgan fingerprint density at radius 1 is 1.09 bits per heavy atom. The van der Waals surface area contributed by atoms with Crippen molar-refractivity contribution < 1.29 is 52.6 Å². The molecule has 2 rings (SSSR count). The van der Waals surface area contributed by atoms with Crippen LogP contribution in [-0.4, -0.2) is 91.2 Å². The molecule has 1 aromatic carbocycles. The van der Waals surface area contributed by atoms with Crippen molar-refractivity contribution in [3.05, 3.63) is 35.9 Å². The standard InChI is InChI=1S/C27H41N4O11P/c1-18(32)38-17-21-24(34)25(35)23(29)27(42-21)37-13-7-3-6-11-22(33)31-20(16-41-43(30)40-14-8-12-28)26(36)39-15-19-9-4-2-5-10-19/h2,4-5,9-10,20-21,23-25,27,34-35H,3,6-8,11,13-17,29-30H2,1H3,(H,31,33)/t20?,21?,23?,24-,25?,27+,43?/m0/s1. The highest BCUT2D eigenvalue weighted by molar-refractivity contribution is 7.44. The molecule has 1 aliphatic rings. The van der Waals surface area contributed by atoms with Gasteiger partial charge in [-0.3, -0.25) is 15.1 Å². The van der Waals surface area contributed by atoms with Crippen LogP contribution in [0.3, 0.4) is 0 Å². The van der Waals surface area contributed by atoms with Crippen LogP contribution in [0.15, 0.2) is 30.3 Å². The molecule has 1 aromatic rings. The first-order chi connectivity index (χ1) is 20.6. The van der Waals surface area contributed by atoms with E-state index in [-0.39, 0.29) is 45.9 Å². The number of aliphatic hydroxyl groups is 2. The average molecular weight is 629 g/mol. The molecule has 0 aromatic heterocycles. The number of unbranched alkanes of at least 4 members (excludes halogenated alkanes) is 2. The summed E-state index contributed by atoms with van der Waals surface area (Å²) in [5.41, 5.74) is 12.5. The van der Waals surface area contributed by atoms with Crippen LogP contribution in [0, 0.1) is 11.3 Å². The van der Waals surface area contributed by atoms with Crippen LogP contribution in [0.5, 0.6) is 0 Å². The lowest BCUT2D eigenvalue weighted by molar-refractivity contribution is -0.267. The van der Waals surface area contributed by atoms with Crippen molar-refractivity contribution in [2.45, 2.75) is 82.3 Å². The zero-order valence-electron chi connectivity index (χ0n) is 24.0. The van der Waals surface area contributed by atoms with Gasteiger partial charge >= 0.3 is 11.9 Å². The van der Waals surface area contributed by atoms with Gasteiger partial charge in [-0.2, -0.15) is 5.26 Å². The highest BCUT2D eigenvalue weighted by atomic mass is 31.2. The Balaban J connectivity index is 1.76. The number of ether oxygens (including phenoxy) is 4. The second kappa shape index (κ2) is 20.2. The Labute approximate surface area is 251 Å². The van der Waals surface area contributed by atoms with Crippen molar-refractivity contribution in [2.75, 3.05) is 26.4 Å². The third-order valence-electron chi connectivity index (χ3n) is 6.17. The molecule has 7 N–H and O–H groups in total. The molecular formula is C27H41N4O11P. The van der Waals surface area contributed by atoms with Gasteiger partial charge in [0.15, 0.2) is 12.3 Å². The molecule has 1 heterocycles. The molecule has 7 atom stereocenters. The maximum atomic E-state index is 12.7. The molecular weight excluding hydrogens is 587 g/mol. The Morgan fingerprint density at radius 2 is 1.84 bits per heavy atom. The van der Waals surface area contributed by atoms with Gasteiger partial charge in [-0.05, 0) is 18.4 Å². The Kier molecular flexibility index (Phi) is 17.1. The lowest BCUT2D eigenvalue weighted by Crippen LogP contribution is -2.62. The smallest absolute Gasteiger partial charge is 0.331 e. The number of carbonyl (C=O) groups is 3. The fourth-order valence-corrected chi connectivity index (χ4v) is 4.48. The van der Waals surface area contributed by atoms with Crippen molar-refractivity contribution in [1.29, 1.82) is 5.26 Å². The zero-order chi connectivity index (χ0) is 31.6. The summed E-state index contributed by atoms with van der Waals surface area (Å²) >= 11 is 0. The number of hydrogen-bond acceptors (Lipinski definition) is 14. The van der Waals surface area contributed by atoms with Crippen LogP contribution in [0.2, 0.25) is 0 Å². The van der Waals surface area contributed by atoms with Crippen molar-refractivity contribution in [3.8, 4) is 6.07 Å². The SMILES string of the molecule is CC(=O)OCC1O[C@@H](OCCCCCC(=O)NC(COP(N)OCCC#N)C(=O)OCc2ccccc2)C(N)C(O)[C@H]1O. The molecule has 0 bridgehead atoms. The average Bonchev–Trinajstić information content (AvgIpc) is 2.99. The van der Waals surface area contributed by atoms with Crippen LogP contribution in [0.4, 0.5) is 0 Å². The highest BCUT2D eigenvalue weighted by Crippen LogP contribution is 2.28. The van der Waals surface area contributed by atoms with E-state index in [2.05, 4.69) is 5.32 Å². The Hall–Kier alpha value is -2.77. The molecule has 240 valence electrons. The van der Waals surface area contributed by atoms with Gasteiger partial charge in [0.2, 0.25) is 5.91 Å². The summed E-state index contributed by atoms with van der Waals surface area (Å²) in [5, 5.41) is 31.5. The topological polar surface area (TPSA) is 235 Å². The zero-order valence-corrected chi connectivity index (χ0v) is 24.9. The Bertz CT molecular complexity index is 1030. The summed E-state index contributed by atoms with van der Waals surface area (Å²) in [5.74, 6) is -1.66. The van der Waals surface area contributed by atoms with E-state index in [1.54, 1.807) is 12.1 Å². The van der Waals surface area contributed by atoms with E-state index in [4.69, 9.17) is 44.5 Å². The minimum Gasteiger partial charge on any atom is -0.463 e. The van der Waals surface area contributed by atoms with Gasteiger partial charge in [0.1, 0.15) is 31.5 Å². The van der Waals surface area contributed by atoms with Crippen molar-refractivity contribution in [1.82, 2.24) is 5.32 Å². The lowest BCUT2D eigenvalue weighted by atomic mass is 9.98. The number of esters is 2. The number of hydrogen-bond donors (Lipinski definition) is 5. The van der Waals surface area contributed by atoms with Crippen LogP contribution in [-0.2, 0) is 49.0 Å². The molecule has 16 heteroatoms. The summed E-state index contributed by atoms with van der Waals surface area (Å²) in [4.78, 5) is 36.4. The summed E-state index contributed by atoms with van der Waals surface area (Å²) in [6, 6.07) is 8.82. The number of rotatable bonds is 19. The van der Waals surface area contributed by atoms with E-state index < -0.39 is 63.1 Å². The Morgan fingerprint density at radius 3 is 2.53 bits per heavy atom. The highest BCUT2D eigenvalue weighted by Gasteiger charge is 2.43. The molecule has 43 heavy (non-hydrogen) atoms. The minimum atomic E-state index is -1.86. The molecule has 0 spiro atoms. The molecule has 5 unspecified atom stereocenters. The van der Waals surface area contributed by atoms with Crippen molar-refractivity contribution in [2.24, 2.45) is 11.2 Å². The van der Waals surface area contributed by atoms with Crippen LogP contribution in [0.1, 0.15) is 44.6 Å². The first kappa shape index (κ1) is 36.4. The fourth-order valence-electron chi connectivity index (χ4n) is 3.83. The molecule has 0 saturated carbocycles. The van der Waals surface area contributed by atoms with Crippen LogP contribution < -0.4 is 16.6 Å². The number of nitrogens with two attached hydrogens (primary N) is 2. The quantitative estimate of drug-likeness (QED) is 0.0785. The van der Waals surface area contributed by atoms with Gasteiger partial charge in [-0.1, -0.05) is 36.8 Å². The minimum absolute atomic E-state index is 0.0109. The van der Waals surface area contributed by atoms with E-state index in [9.17, 15) is 24.6 Å². The second-order valence-electron chi connectivity index (χ2n) is 9.62. The van der Waals surface area contributed by atoms with E-state index in [0.29, 0.717) is 19.3 Å². The summed E-state index contributed by atoms with van der Waals surface area (Å²) in [6.07, 6.45) is -2.89. The van der Waals surface area contributed by atoms with E-state index in [0.717, 1.165) is 5.56 Å². The predicted octanol–water partition coefficient (Wildman–Crippen LogP) is 0.261.